The average molecular weight is 400 g/mol. The molecule has 0 radical (unpaired) electrons. The molecular formula is C21H22ClN3OS. The lowest BCUT2D eigenvalue weighted by Gasteiger charge is -2.33. The highest BCUT2D eigenvalue weighted by Crippen LogP contribution is 2.35. The van der Waals surface area contributed by atoms with Crippen LogP contribution >= 0.6 is 22.9 Å². The monoisotopic (exact) mass is 399 g/mol. The lowest BCUT2D eigenvalue weighted by atomic mass is 10.0. The molecule has 0 unspecified atom stereocenters. The molecule has 0 aliphatic carbocycles. The summed E-state index contributed by atoms with van der Waals surface area (Å²) >= 11 is 7.81. The maximum absolute atomic E-state index is 12.7. The predicted molar refractivity (Wildman–Crippen MR) is 113 cm³/mol. The topological polar surface area (TPSA) is 45.2 Å². The standard InChI is InChI=1S/C21H22ClN3OS/c1-14-9-10-15(22)12-17(14)23-20(26)13-25-11-5-4-7-18(25)21-24-16-6-2-3-8-19(16)27-21/h2-3,6,8-10,12,18H,4-5,7,11,13H2,1H3,(H,23,26)/t18-/m1/s1. The highest BCUT2D eigenvalue weighted by molar-refractivity contribution is 7.18. The second kappa shape index (κ2) is 7.97. The molecule has 27 heavy (non-hydrogen) atoms. The van der Waals surface area contributed by atoms with Crippen molar-refractivity contribution < 1.29 is 4.79 Å². The van der Waals surface area contributed by atoms with Gasteiger partial charge in [-0.05, 0) is 56.1 Å². The molecule has 2 aromatic carbocycles. The number of para-hydroxylation sites is 1. The van der Waals surface area contributed by atoms with E-state index in [1.165, 1.54) is 11.1 Å². The van der Waals surface area contributed by atoms with Crippen LogP contribution in [0.3, 0.4) is 0 Å². The number of carbonyl (C=O) groups excluding carboxylic acids is 1. The number of likely N-dealkylation sites (tertiary alicyclic amines) is 1. The van der Waals surface area contributed by atoms with E-state index in [2.05, 4.69) is 22.3 Å². The minimum absolute atomic E-state index is 0.00613. The number of aromatic nitrogens is 1. The summed E-state index contributed by atoms with van der Waals surface area (Å²) in [5, 5.41) is 4.75. The third kappa shape index (κ3) is 4.15. The fourth-order valence-corrected chi connectivity index (χ4v) is 4.90. The van der Waals surface area contributed by atoms with Crippen molar-refractivity contribution in [2.45, 2.75) is 32.2 Å². The minimum atomic E-state index is -0.00613. The molecule has 4 rings (SSSR count). The molecule has 1 aliphatic heterocycles. The van der Waals surface area contributed by atoms with E-state index in [4.69, 9.17) is 16.6 Å². The van der Waals surface area contributed by atoms with Gasteiger partial charge in [-0.2, -0.15) is 0 Å². The molecule has 0 saturated carbocycles. The summed E-state index contributed by atoms with van der Waals surface area (Å²) in [6.45, 7) is 3.26. The molecule has 1 aromatic heterocycles. The third-order valence-corrected chi connectivity index (χ3v) is 6.40. The molecule has 1 atom stereocenters. The Morgan fingerprint density at radius 2 is 2.15 bits per heavy atom. The molecule has 140 valence electrons. The number of halogens is 1. The molecule has 1 aliphatic rings. The van der Waals surface area contributed by atoms with Gasteiger partial charge < -0.3 is 5.32 Å². The van der Waals surface area contributed by atoms with Gasteiger partial charge in [-0.3, -0.25) is 9.69 Å². The molecule has 1 amide bonds. The number of nitrogens with zero attached hydrogens (tertiary/aromatic N) is 2. The van der Waals surface area contributed by atoms with Crippen molar-refractivity contribution in [2.75, 3.05) is 18.4 Å². The van der Waals surface area contributed by atoms with E-state index in [1.54, 1.807) is 17.4 Å². The van der Waals surface area contributed by atoms with Crippen LogP contribution in [0.15, 0.2) is 42.5 Å². The number of hydrogen-bond acceptors (Lipinski definition) is 4. The smallest absolute Gasteiger partial charge is 0.238 e. The first-order valence-corrected chi connectivity index (χ1v) is 10.4. The Labute approximate surface area is 168 Å². The number of aryl methyl sites for hydroxylation is 1. The van der Waals surface area contributed by atoms with Gasteiger partial charge in [0.05, 0.1) is 22.8 Å². The number of benzene rings is 2. The van der Waals surface area contributed by atoms with Gasteiger partial charge in [0.25, 0.3) is 0 Å². The van der Waals surface area contributed by atoms with Crippen molar-refractivity contribution in [3.8, 4) is 0 Å². The second-order valence-electron chi connectivity index (χ2n) is 7.01. The van der Waals surface area contributed by atoms with Crippen molar-refractivity contribution in [1.82, 2.24) is 9.88 Å². The number of piperidine rings is 1. The SMILES string of the molecule is Cc1ccc(Cl)cc1NC(=O)CN1CCCC[C@@H]1c1nc2ccccc2s1. The maximum atomic E-state index is 12.7. The predicted octanol–water partition coefficient (Wildman–Crippen LogP) is 5.42. The second-order valence-corrected chi connectivity index (χ2v) is 8.51. The molecule has 0 bridgehead atoms. The zero-order valence-corrected chi connectivity index (χ0v) is 16.8. The van der Waals surface area contributed by atoms with Crippen LogP contribution < -0.4 is 5.32 Å². The molecule has 4 nitrogen and oxygen atoms in total. The van der Waals surface area contributed by atoms with Gasteiger partial charge in [0, 0.05) is 10.7 Å². The van der Waals surface area contributed by atoms with Crippen molar-refractivity contribution in [3.05, 3.63) is 58.1 Å². The summed E-state index contributed by atoms with van der Waals surface area (Å²) < 4.78 is 1.21. The largest absolute Gasteiger partial charge is 0.325 e. The van der Waals surface area contributed by atoms with Crippen molar-refractivity contribution in [3.63, 3.8) is 0 Å². The van der Waals surface area contributed by atoms with Crippen LogP contribution in [0, 0.1) is 6.92 Å². The van der Waals surface area contributed by atoms with Crippen LogP contribution in [0.1, 0.15) is 35.9 Å². The fourth-order valence-electron chi connectivity index (χ4n) is 3.60. The zero-order chi connectivity index (χ0) is 18.8. The van der Waals surface area contributed by atoms with E-state index in [0.717, 1.165) is 41.2 Å². The normalized spacial score (nSPS) is 17.9. The Kier molecular flexibility index (Phi) is 5.43. The summed E-state index contributed by atoms with van der Waals surface area (Å²) in [6, 6.07) is 14.0. The number of nitrogens with one attached hydrogen (secondary N) is 1. The Balaban J connectivity index is 1.50. The number of rotatable bonds is 4. The quantitative estimate of drug-likeness (QED) is 0.636. The summed E-state index contributed by atoms with van der Waals surface area (Å²) in [4.78, 5) is 19.8. The van der Waals surface area contributed by atoms with Crippen molar-refractivity contribution >= 4 is 44.7 Å². The van der Waals surface area contributed by atoms with Crippen molar-refractivity contribution in [2.24, 2.45) is 0 Å². The number of thiazole rings is 1. The van der Waals surface area contributed by atoms with Crippen LogP contribution in [0.2, 0.25) is 5.02 Å². The van der Waals surface area contributed by atoms with Crippen LogP contribution in [0.4, 0.5) is 5.69 Å². The Bertz CT molecular complexity index is 938. The number of amides is 1. The molecule has 6 heteroatoms. The van der Waals surface area contributed by atoms with Gasteiger partial charge in [-0.1, -0.05) is 36.2 Å². The molecule has 1 N–H and O–H groups in total. The lowest BCUT2D eigenvalue weighted by Crippen LogP contribution is -2.39. The average Bonchev–Trinajstić information content (AvgIpc) is 3.09. The Morgan fingerprint density at radius 3 is 3.00 bits per heavy atom. The molecule has 2 heterocycles. The Morgan fingerprint density at radius 1 is 1.30 bits per heavy atom. The van der Waals surface area contributed by atoms with E-state index in [9.17, 15) is 4.79 Å². The molecule has 1 fully saturated rings. The van der Waals surface area contributed by atoms with E-state index in [1.807, 2.05) is 31.2 Å². The van der Waals surface area contributed by atoms with Gasteiger partial charge in [0.1, 0.15) is 5.01 Å². The summed E-state index contributed by atoms with van der Waals surface area (Å²) in [5.74, 6) is -0.00613. The number of fused-ring (bicyclic) bond motifs is 1. The van der Waals surface area contributed by atoms with Gasteiger partial charge >= 0.3 is 0 Å². The molecule has 3 aromatic rings. The summed E-state index contributed by atoms with van der Waals surface area (Å²) in [6.07, 6.45) is 3.33. The van der Waals surface area contributed by atoms with Crippen LogP contribution in [0.5, 0.6) is 0 Å². The van der Waals surface area contributed by atoms with E-state index in [-0.39, 0.29) is 11.9 Å². The number of hydrogen-bond donors (Lipinski definition) is 1. The third-order valence-electron chi connectivity index (χ3n) is 5.03. The van der Waals surface area contributed by atoms with Crippen LogP contribution in [-0.4, -0.2) is 28.9 Å². The van der Waals surface area contributed by atoms with Gasteiger partial charge in [-0.15, -0.1) is 11.3 Å². The van der Waals surface area contributed by atoms with Crippen molar-refractivity contribution in [1.29, 1.82) is 0 Å². The highest BCUT2D eigenvalue weighted by Gasteiger charge is 2.28. The number of anilines is 1. The van der Waals surface area contributed by atoms with Gasteiger partial charge in [0.15, 0.2) is 0 Å². The van der Waals surface area contributed by atoms with E-state index in [0.29, 0.717) is 11.6 Å². The van der Waals surface area contributed by atoms with E-state index < -0.39 is 0 Å². The van der Waals surface area contributed by atoms with E-state index >= 15 is 0 Å². The van der Waals surface area contributed by atoms with Crippen LogP contribution in [-0.2, 0) is 4.79 Å². The number of carbonyl (C=O) groups is 1. The maximum Gasteiger partial charge on any atom is 0.238 e. The molecule has 0 spiro atoms. The molecular weight excluding hydrogens is 378 g/mol. The zero-order valence-electron chi connectivity index (χ0n) is 15.2. The van der Waals surface area contributed by atoms with Gasteiger partial charge in [0.2, 0.25) is 5.91 Å². The first-order valence-electron chi connectivity index (χ1n) is 9.26. The molecule has 1 saturated heterocycles. The van der Waals surface area contributed by atoms with Gasteiger partial charge in [-0.25, -0.2) is 4.98 Å². The highest BCUT2D eigenvalue weighted by atomic mass is 35.5. The first-order chi connectivity index (χ1) is 13.1. The fraction of sp³-hybridized carbons (Fsp3) is 0.333. The Hall–Kier alpha value is -1.95. The first kappa shape index (κ1) is 18.4. The summed E-state index contributed by atoms with van der Waals surface area (Å²) in [7, 11) is 0. The minimum Gasteiger partial charge on any atom is -0.325 e. The lowest BCUT2D eigenvalue weighted by molar-refractivity contribution is -0.118. The van der Waals surface area contributed by atoms with Crippen LogP contribution in [0.25, 0.3) is 10.2 Å². The summed E-state index contributed by atoms with van der Waals surface area (Å²) in [5.41, 5.74) is 2.83.